The summed E-state index contributed by atoms with van der Waals surface area (Å²) in [5.74, 6) is -4.38. The van der Waals surface area contributed by atoms with Crippen LogP contribution in [0.4, 0.5) is 0 Å². The van der Waals surface area contributed by atoms with Crippen LogP contribution in [0.1, 0.15) is 33.6 Å². The van der Waals surface area contributed by atoms with Crippen LogP contribution in [0, 0.1) is 5.92 Å². The molecular formula is C15H27N5O6. The van der Waals surface area contributed by atoms with E-state index < -0.39 is 60.7 Å². The Morgan fingerprint density at radius 2 is 1.62 bits per heavy atom. The summed E-state index contributed by atoms with van der Waals surface area (Å²) in [5.41, 5.74) is 10.9. The van der Waals surface area contributed by atoms with Crippen LogP contribution in [0.15, 0.2) is 0 Å². The maximum absolute atomic E-state index is 12.1. The minimum absolute atomic E-state index is 0.143. The summed E-state index contributed by atoms with van der Waals surface area (Å²) >= 11 is 0. The van der Waals surface area contributed by atoms with E-state index in [1.54, 1.807) is 6.92 Å². The van der Waals surface area contributed by atoms with Gasteiger partial charge in [0.2, 0.25) is 23.6 Å². The molecule has 0 aliphatic carbocycles. The fourth-order valence-electron chi connectivity index (χ4n) is 1.84. The summed E-state index contributed by atoms with van der Waals surface area (Å²) < 4.78 is 0. The second-order valence-corrected chi connectivity index (χ2v) is 5.99. The lowest BCUT2D eigenvalue weighted by Gasteiger charge is -2.22. The first-order valence-electron chi connectivity index (χ1n) is 8.13. The molecule has 11 nitrogen and oxygen atoms in total. The van der Waals surface area contributed by atoms with E-state index in [1.807, 2.05) is 6.92 Å². The van der Waals surface area contributed by atoms with Gasteiger partial charge in [-0.1, -0.05) is 20.3 Å². The van der Waals surface area contributed by atoms with Gasteiger partial charge in [0.15, 0.2) is 0 Å². The monoisotopic (exact) mass is 373 g/mol. The first-order valence-corrected chi connectivity index (χ1v) is 8.13. The summed E-state index contributed by atoms with van der Waals surface area (Å²) in [6.07, 6.45) is 0.168. The van der Waals surface area contributed by atoms with Crippen LogP contribution in [0.5, 0.6) is 0 Å². The average Bonchev–Trinajstić information content (AvgIpc) is 2.56. The van der Waals surface area contributed by atoms with Crippen molar-refractivity contribution in [3.63, 3.8) is 0 Å². The third-order valence-electron chi connectivity index (χ3n) is 3.77. The van der Waals surface area contributed by atoms with Crippen LogP contribution in [0.2, 0.25) is 0 Å². The highest BCUT2D eigenvalue weighted by atomic mass is 16.4. The molecule has 26 heavy (non-hydrogen) atoms. The van der Waals surface area contributed by atoms with Crippen LogP contribution in [-0.4, -0.2) is 59.4 Å². The van der Waals surface area contributed by atoms with Crippen molar-refractivity contribution in [2.75, 3.05) is 6.54 Å². The molecule has 148 valence electrons. The second kappa shape index (κ2) is 11.0. The van der Waals surface area contributed by atoms with Gasteiger partial charge in [-0.05, 0) is 12.8 Å². The third-order valence-corrected chi connectivity index (χ3v) is 3.77. The molecule has 0 fully saturated rings. The Morgan fingerprint density at radius 1 is 1.04 bits per heavy atom. The van der Waals surface area contributed by atoms with E-state index in [0.717, 1.165) is 0 Å². The zero-order valence-corrected chi connectivity index (χ0v) is 15.1. The molecule has 0 saturated carbocycles. The molecular weight excluding hydrogens is 346 g/mol. The Hall–Kier alpha value is -2.69. The lowest BCUT2D eigenvalue weighted by atomic mass is 9.99. The fraction of sp³-hybridized carbons (Fsp3) is 0.667. The fourth-order valence-corrected chi connectivity index (χ4v) is 1.84. The number of nitrogens with two attached hydrogens (primary N) is 2. The number of aliphatic carboxylic acids is 1. The Balaban J connectivity index is 4.79. The second-order valence-electron chi connectivity index (χ2n) is 5.99. The van der Waals surface area contributed by atoms with Gasteiger partial charge in [-0.3, -0.25) is 24.0 Å². The Bertz CT molecular complexity index is 553. The smallest absolute Gasteiger partial charge is 0.325 e. The van der Waals surface area contributed by atoms with Crippen molar-refractivity contribution < 1.29 is 29.1 Å². The highest BCUT2D eigenvalue weighted by molar-refractivity contribution is 5.95. The van der Waals surface area contributed by atoms with Crippen molar-refractivity contribution in [2.45, 2.75) is 51.7 Å². The molecule has 0 aromatic carbocycles. The van der Waals surface area contributed by atoms with Gasteiger partial charge in [-0.2, -0.15) is 0 Å². The summed E-state index contributed by atoms with van der Waals surface area (Å²) in [7, 11) is 0. The molecule has 0 aromatic rings. The molecule has 0 heterocycles. The zero-order chi connectivity index (χ0) is 20.4. The van der Waals surface area contributed by atoms with Crippen molar-refractivity contribution in [1.82, 2.24) is 16.0 Å². The van der Waals surface area contributed by atoms with E-state index >= 15 is 0 Å². The van der Waals surface area contributed by atoms with Gasteiger partial charge in [0.05, 0.1) is 19.0 Å². The van der Waals surface area contributed by atoms with Crippen LogP contribution in [0.3, 0.4) is 0 Å². The average molecular weight is 373 g/mol. The van der Waals surface area contributed by atoms with Crippen LogP contribution < -0.4 is 27.4 Å². The van der Waals surface area contributed by atoms with Crippen LogP contribution in [0.25, 0.3) is 0 Å². The molecule has 4 unspecified atom stereocenters. The van der Waals surface area contributed by atoms with E-state index in [9.17, 15) is 24.0 Å². The van der Waals surface area contributed by atoms with Crippen molar-refractivity contribution >= 4 is 29.6 Å². The van der Waals surface area contributed by atoms with E-state index in [0.29, 0.717) is 6.42 Å². The van der Waals surface area contributed by atoms with Gasteiger partial charge >= 0.3 is 5.97 Å². The van der Waals surface area contributed by atoms with Gasteiger partial charge in [0.1, 0.15) is 12.1 Å². The molecule has 0 bridgehead atoms. The van der Waals surface area contributed by atoms with Gasteiger partial charge in [-0.25, -0.2) is 0 Å². The number of hydrogen-bond acceptors (Lipinski definition) is 6. The summed E-state index contributed by atoms with van der Waals surface area (Å²) in [6.45, 7) is 4.34. The van der Waals surface area contributed by atoms with E-state index in [4.69, 9.17) is 16.6 Å². The molecule has 0 spiro atoms. The molecule has 0 radical (unpaired) electrons. The molecule has 11 heteroatoms. The van der Waals surface area contributed by atoms with Crippen LogP contribution in [-0.2, 0) is 24.0 Å². The van der Waals surface area contributed by atoms with Gasteiger partial charge in [-0.15, -0.1) is 0 Å². The standard InChI is InChI=1S/C15H27N5O6/c1-4-7(2)12(17)14(24)20-9(5-10(16)21)13(23)18-6-11(22)19-8(3)15(25)26/h7-9,12H,4-6,17H2,1-3H3,(H2,16,21)(H,18,23)(H,19,22)(H,20,24)(H,25,26). The topological polar surface area (TPSA) is 194 Å². The maximum Gasteiger partial charge on any atom is 0.325 e. The summed E-state index contributed by atoms with van der Waals surface area (Å²) in [4.78, 5) is 57.6. The van der Waals surface area contributed by atoms with Gasteiger partial charge in [0, 0.05) is 0 Å². The minimum Gasteiger partial charge on any atom is -0.480 e. The predicted molar refractivity (Wildman–Crippen MR) is 91.4 cm³/mol. The van der Waals surface area contributed by atoms with Crippen molar-refractivity contribution in [2.24, 2.45) is 17.4 Å². The van der Waals surface area contributed by atoms with Crippen molar-refractivity contribution in [1.29, 1.82) is 0 Å². The number of carbonyl (C=O) groups excluding carboxylic acids is 4. The zero-order valence-electron chi connectivity index (χ0n) is 15.1. The van der Waals surface area contributed by atoms with E-state index in [2.05, 4.69) is 16.0 Å². The van der Waals surface area contributed by atoms with E-state index in [-0.39, 0.29) is 5.92 Å². The molecule has 4 amide bonds. The number of nitrogens with one attached hydrogen (secondary N) is 3. The maximum atomic E-state index is 12.1. The molecule has 4 atom stereocenters. The Kier molecular flexibility index (Phi) is 9.89. The van der Waals surface area contributed by atoms with Gasteiger partial charge < -0.3 is 32.5 Å². The largest absolute Gasteiger partial charge is 0.480 e. The molecule has 0 aliphatic heterocycles. The molecule has 0 aromatic heterocycles. The summed E-state index contributed by atoms with van der Waals surface area (Å²) in [6, 6.07) is -3.29. The SMILES string of the molecule is CCC(C)C(N)C(=O)NC(CC(N)=O)C(=O)NCC(=O)NC(C)C(=O)O. The first-order chi connectivity index (χ1) is 12.0. The van der Waals surface area contributed by atoms with Crippen molar-refractivity contribution in [3.8, 4) is 0 Å². The molecule has 0 saturated heterocycles. The molecule has 0 aliphatic rings. The van der Waals surface area contributed by atoms with E-state index in [1.165, 1.54) is 6.92 Å². The minimum atomic E-state index is -1.29. The number of carbonyl (C=O) groups is 5. The van der Waals surface area contributed by atoms with Crippen molar-refractivity contribution in [3.05, 3.63) is 0 Å². The highest BCUT2D eigenvalue weighted by Gasteiger charge is 2.27. The first kappa shape index (κ1) is 23.3. The lowest BCUT2D eigenvalue weighted by molar-refractivity contribution is -0.141. The van der Waals surface area contributed by atoms with Crippen LogP contribution >= 0.6 is 0 Å². The quantitative estimate of drug-likeness (QED) is 0.229. The Morgan fingerprint density at radius 3 is 2.08 bits per heavy atom. The Labute approximate surface area is 151 Å². The number of rotatable bonds is 11. The number of amides is 4. The third kappa shape index (κ3) is 8.42. The number of carboxylic acids is 1. The van der Waals surface area contributed by atoms with Gasteiger partial charge in [0.25, 0.3) is 0 Å². The summed E-state index contributed by atoms with van der Waals surface area (Å²) in [5, 5.41) is 15.4. The normalized spacial score (nSPS) is 15.1. The number of primary amides is 1. The number of carboxylic acid groups (broad SMARTS) is 1. The lowest BCUT2D eigenvalue weighted by Crippen LogP contribution is -2.55. The highest BCUT2D eigenvalue weighted by Crippen LogP contribution is 2.06. The molecule has 8 N–H and O–H groups in total. The molecule has 0 rings (SSSR count). The number of hydrogen-bond donors (Lipinski definition) is 6. The predicted octanol–water partition coefficient (Wildman–Crippen LogP) is -2.57.